The van der Waals surface area contributed by atoms with Gasteiger partial charge in [-0.3, -0.25) is 5.01 Å². The van der Waals surface area contributed by atoms with Crippen molar-refractivity contribution in [1.82, 2.24) is 0 Å². The van der Waals surface area contributed by atoms with E-state index in [1.165, 1.54) is 17.7 Å². The molecule has 4 nitrogen and oxygen atoms in total. The van der Waals surface area contributed by atoms with Crippen molar-refractivity contribution < 1.29 is 10.2 Å². The first kappa shape index (κ1) is 13.9. The van der Waals surface area contributed by atoms with Crippen LogP contribution in [0.2, 0.25) is 0 Å². The number of hydrazone groups is 1. The zero-order valence-electron chi connectivity index (χ0n) is 11.6. The molecule has 0 unspecified atom stereocenters. The fourth-order valence-electron chi connectivity index (χ4n) is 1.82. The van der Waals surface area contributed by atoms with Crippen molar-refractivity contribution in [3.8, 4) is 11.5 Å². The van der Waals surface area contributed by atoms with Crippen LogP contribution in [0, 0.1) is 6.92 Å². The molecule has 0 heterocycles. The molecule has 0 aliphatic rings. The quantitative estimate of drug-likeness (QED) is 0.662. The highest BCUT2D eigenvalue weighted by molar-refractivity contribution is 5.84. The zero-order valence-corrected chi connectivity index (χ0v) is 11.6. The van der Waals surface area contributed by atoms with Gasteiger partial charge >= 0.3 is 0 Å². The molecule has 0 bridgehead atoms. The zero-order chi connectivity index (χ0) is 14.5. The molecule has 4 heteroatoms. The Kier molecular flexibility index (Phi) is 4.25. The monoisotopic (exact) mass is 270 g/mol. The van der Waals surface area contributed by atoms with E-state index in [1.807, 2.05) is 43.1 Å². The molecule has 0 aliphatic carbocycles. The Morgan fingerprint density at radius 2 is 1.80 bits per heavy atom. The van der Waals surface area contributed by atoms with E-state index in [1.54, 1.807) is 12.3 Å². The molecule has 104 valence electrons. The number of hydrogen-bond donors (Lipinski definition) is 2. The number of aromatic hydroxyl groups is 2. The maximum absolute atomic E-state index is 9.71. The van der Waals surface area contributed by atoms with Crippen LogP contribution in [0.5, 0.6) is 11.5 Å². The molecular formula is C16H18N2O2. The van der Waals surface area contributed by atoms with Gasteiger partial charge in [0.2, 0.25) is 0 Å². The van der Waals surface area contributed by atoms with Crippen LogP contribution in [0.15, 0.2) is 47.6 Å². The van der Waals surface area contributed by atoms with Crippen LogP contribution >= 0.6 is 0 Å². The fourth-order valence-corrected chi connectivity index (χ4v) is 1.82. The molecule has 2 rings (SSSR count). The van der Waals surface area contributed by atoms with Crippen molar-refractivity contribution in [3.05, 3.63) is 53.6 Å². The van der Waals surface area contributed by atoms with Crippen LogP contribution in [0.4, 0.5) is 5.69 Å². The van der Waals surface area contributed by atoms with E-state index in [2.05, 4.69) is 5.10 Å². The molecule has 0 fully saturated rings. The number of rotatable bonds is 4. The lowest BCUT2D eigenvalue weighted by Crippen LogP contribution is -2.15. The van der Waals surface area contributed by atoms with E-state index in [-0.39, 0.29) is 11.5 Å². The number of anilines is 1. The minimum Gasteiger partial charge on any atom is -0.508 e. The summed E-state index contributed by atoms with van der Waals surface area (Å²) < 4.78 is 0. The van der Waals surface area contributed by atoms with Gasteiger partial charge in [0.15, 0.2) is 0 Å². The SMILES string of the molecule is CCN(N=Cc1ccc(O)cc1O)c1ccc(C)cc1. The van der Waals surface area contributed by atoms with Gasteiger partial charge in [0.05, 0.1) is 11.9 Å². The molecule has 2 aromatic carbocycles. The normalized spacial score (nSPS) is 10.9. The van der Waals surface area contributed by atoms with E-state index >= 15 is 0 Å². The van der Waals surface area contributed by atoms with Crippen LogP contribution < -0.4 is 5.01 Å². The Morgan fingerprint density at radius 1 is 1.10 bits per heavy atom. The molecule has 2 aromatic rings. The third kappa shape index (κ3) is 3.29. The minimum atomic E-state index is 0.00806. The van der Waals surface area contributed by atoms with Gasteiger partial charge in [0.25, 0.3) is 0 Å². The van der Waals surface area contributed by atoms with Crippen molar-refractivity contribution >= 4 is 11.9 Å². The Bertz CT molecular complexity index is 606. The van der Waals surface area contributed by atoms with Gasteiger partial charge in [-0.05, 0) is 38.1 Å². The molecule has 0 amide bonds. The predicted octanol–water partition coefficient (Wildman–Crippen LogP) is 3.27. The second kappa shape index (κ2) is 6.10. The van der Waals surface area contributed by atoms with Crippen LogP contribution in [-0.4, -0.2) is 23.0 Å². The number of nitrogens with zero attached hydrogens (tertiary/aromatic N) is 2. The average molecular weight is 270 g/mol. The third-order valence-electron chi connectivity index (χ3n) is 2.98. The Morgan fingerprint density at radius 3 is 2.40 bits per heavy atom. The highest BCUT2D eigenvalue weighted by atomic mass is 16.3. The molecule has 0 spiro atoms. The van der Waals surface area contributed by atoms with E-state index in [4.69, 9.17) is 0 Å². The van der Waals surface area contributed by atoms with Gasteiger partial charge in [-0.25, -0.2) is 0 Å². The number of phenols is 2. The first-order chi connectivity index (χ1) is 9.60. The Hall–Kier alpha value is -2.49. The van der Waals surface area contributed by atoms with Gasteiger partial charge < -0.3 is 10.2 Å². The Balaban J connectivity index is 2.21. The number of hydrogen-bond acceptors (Lipinski definition) is 4. The van der Waals surface area contributed by atoms with E-state index in [9.17, 15) is 10.2 Å². The van der Waals surface area contributed by atoms with Crippen molar-refractivity contribution in [2.45, 2.75) is 13.8 Å². The summed E-state index contributed by atoms with van der Waals surface area (Å²) in [6, 6.07) is 12.5. The third-order valence-corrected chi connectivity index (χ3v) is 2.98. The summed E-state index contributed by atoms with van der Waals surface area (Å²) in [5.41, 5.74) is 2.76. The van der Waals surface area contributed by atoms with Crippen LogP contribution in [0.25, 0.3) is 0 Å². The summed E-state index contributed by atoms with van der Waals surface area (Å²) >= 11 is 0. The smallest absolute Gasteiger partial charge is 0.128 e. The molecule has 2 N–H and O–H groups in total. The lowest BCUT2D eigenvalue weighted by atomic mass is 10.2. The summed E-state index contributed by atoms with van der Waals surface area (Å²) in [6.45, 7) is 4.77. The summed E-state index contributed by atoms with van der Waals surface area (Å²) in [5.74, 6) is 0.0410. The van der Waals surface area contributed by atoms with Gasteiger partial charge in [0.1, 0.15) is 11.5 Å². The first-order valence-electron chi connectivity index (χ1n) is 6.50. The summed E-state index contributed by atoms with van der Waals surface area (Å²) in [4.78, 5) is 0. The topological polar surface area (TPSA) is 56.1 Å². The van der Waals surface area contributed by atoms with E-state index < -0.39 is 0 Å². The highest BCUT2D eigenvalue weighted by Gasteiger charge is 2.03. The number of phenolic OH excluding ortho intramolecular Hbond substituents is 2. The summed E-state index contributed by atoms with van der Waals surface area (Å²) in [5, 5.41) is 25.2. The van der Waals surface area contributed by atoms with Crippen molar-refractivity contribution in [2.24, 2.45) is 5.10 Å². The first-order valence-corrected chi connectivity index (χ1v) is 6.50. The molecule has 0 aromatic heterocycles. The number of benzene rings is 2. The van der Waals surface area contributed by atoms with Gasteiger partial charge in [-0.15, -0.1) is 0 Å². The van der Waals surface area contributed by atoms with Crippen LogP contribution in [0.1, 0.15) is 18.1 Å². The summed E-state index contributed by atoms with van der Waals surface area (Å²) in [6.07, 6.45) is 1.58. The van der Waals surface area contributed by atoms with Crippen molar-refractivity contribution in [1.29, 1.82) is 0 Å². The molecule has 0 saturated heterocycles. The van der Waals surface area contributed by atoms with E-state index in [0.29, 0.717) is 5.56 Å². The molecule has 20 heavy (non-hydrogen) atoms. The maximum Gasteiger partial charge on any atom is 0.128 e. The van der Waals surface area contributed by atoms with Gasteiger partial charge in [-0.1, -0.05) is 17.7 Å². The lowest BCUT2D eigenvalue weighted by molar-refractivity contribution is 0.450. The van der Waals surface area contributed by atoms with Gasteiger partial charge in [-0.2, -0.15) is 5.10 Å². The second-order valence-corrected chi connectivity index (χ2v) is 4.54. The minimum absolute atomic E-state index is 0.00806. The second-order valence-electron chi connectivity index (χ2n) is 4.54. The van der Waals surface area contributed by atoms with Gasteiger partial charge in [0, 0.05) is 18.2 Å². The largest absolute Gasteiger partial charge is 0.508 e. The molecule has 0 saturated carbocycles. The van der Waals surface area contributed by atoms with Crippen LogP contribution in [-0.2, 0) is 0 Å². The summed E-state index contributed by atoms with van der Waals surface area (Å²) in [7, 11) is 0. The standard InChI is InChI=1S/C16H18N2O2/c1-3-18(14-7-4-12(2)5-8-14)17-11-13-6-9-15(19)10-16(13)20/h4-11,19-20H,3H2,1-2H3. The number of aryl methyl sites for hydroxylation is 1. The highest BCUT2D eigenvalue weighted by Crippen LogP contribution is 2.21. The van der Waals surface area contributed by atoms with Crippen molar-refractivity contribution in [2.75, 3.05) is 11.6 Å². The fraction of sp³-hybridized carbons (Fsp3) is 0.188. The molecule has 0 aliphatic heterocycles. The molecule has 0 radical (unpaired) electrons. The predicted molar refractivity (Wildman–Crippen MR) is 81.6 cm³/mol. The lowest BCUT2D eigenvalue weighted by Gasteiger charge is -2.17. The molecule has 0 atom stereocenters. The average Bonchev–Trinajstić information content (AvgIpc) is 2.43. The Labute approximate surface area is 118 Å². The van der Waals surface area contributed by atoms with Crippen LogP contribution in [0.3, 0.4) is 0 Å². The molecular weight excluding hydrogens is 252 g/mol. The van der Waals surface area contributed by atoms with Crippen molar-refractivity contribution in [3.63, 3.8) is 0 Å². The maximum atomic E-state index is 9.71. The van der Waals surface area contributed by atoms with E-state index in [0.717, 1.165) is 12.2 Å².